The number of fused-ring (bicyclic) bond motifs is 3. The van der Waals surface area contributed by atoms with Crippen molar-refractivity contribution < 1.29 is 9.47 Å². The molecule has 1 saturated carbocycles. The molecule has 1 aliphatic heterocycles. The predicted molar refractivity (Wildman–Crippen MR) is 199 cm³/mol. The highest BCUT2D eigenvalue weighted by molar-refractivity contribution is 6.09. The molecule has 0 N–H and O–H groups in total. The van der Waals surface area contributed by atoms with Crippen LogP contribution >= 0.6 is 0 Å². The first-order chi connectivity index (χ1) is 22.7. The lowest BCUT2D eigenvalue weighted by atomic mass is 9.86. The number of pyridine rings is 1. The van der Waals surface area contributed by atoms with Crippen molar-refractivity contribution in [2.24, 2.45) is 10.9 Å². The zero-order chi connectivity index (χ0) is 34.0. The second kappa shape index (κ2) is 11.8. The van der Waals surface area contributed by atoms with Crippen molar-refractivity contribution in [2.45, 2.75) is 110 Å². The van der Waals surface area contributed by atoms with Gasteiger partial charge in [0.15, 0.2) is 0 Å². The van der Waals surface area contributed by atoms with Gasteiger partial charge in [0.05, 0.1) is 16.6 Å². The van der Waals surface area contributed by atoms with Crippen LogP contribution in [-0.2, 0) is 15.6 Å². The molecule has 5 aromatic rings. The molecule has 1 fully saturated rings. The van der Waals surface area contributed by atoms with Crippen LogP contribution in [0.25, 0.3) is 27.6 Å². The number of aromatic nitrogens is 2. The fourth-order valence-electron chi connectivity index (χ4n) is 7.47. The summed E-state index contributed by atoms with van der Waals surface area (Å²) < 4.78 is 15.3. The van der Waals surface area contributed by atoms with Crippen LogP contribution < -0.4 is 4.74 Å². The van der Waals surface area contributed by atoms with E-state index in [4.69, 9.17) is 19.5 Å². The number of hydrogen-bond acceptors (Lipinski definition) is 4. The van der Waals surface area contributed by atoms with Gasteiger partial charge < -0.3 is 9.47 Å². The molecule has 5 nitrogen and oxygen atoms in total. The molecule has 0 saturated heterocycles. The molecule has 1 atom stereocenters. The van der Waals surface area contributed by atoms with Gasteiger partial charge in [-0.15, -0.1) is 0 Å². The molecule has 1 aliphatic carbocycles. The Morgan fingerprint density at radius 1 is 0.792 bits per heavy atom. The van der Waals surface area contributed by atoms with E-state index in [0.717, 1.165) is 39.8 Å². The minimum atomic E-state index is -0.148. The van der Waals surface area contributed by atoms with Gasteiger partial charge in [0.1, 0.15) is 23.9 Å². The average Bonchev–Trinajstić information content (AvgIpc) is 3.78. The molecule has 7 rings (SSSR count). The predicted octanol–water partition coefficient (Wildman–Crippen LogP) is 11.4. The topological polar surface area (TPSA) is 48.6 Å². The molecule has 250 valence electrons. The molecule has 2 aromatic heterocycles. The lowest BCUT2D eigenvalue weighted by molar-refractivity contribution is 0.207. The van der Waals surface area contributed by atoms with Crippen LogP contribution in [0.2, 0.25) is 0 Å². The van der Waals surface area contributed by atoms with Crippen LogP contribution in [0, 0.1) is 5.92 Å². The lowest BCUT2D eigenvalue weighted by Crippen LogP contribution is -2.32. The van der Waals surface area contributed by atoms with E-state index in [1.807, 2.05) is 6.20 Å². The number of benzene rings is 3. The van der Waals surface area contributed by atoms with E-state index in [9.17, 15) is 0 Å². The normalized spacial score (nSPS) is 19.0. The van der Waals surface area contributed by atoms with Crippen molar-refractivity contribution >= 4 is 27.7 Å². The van der Waals surface area contributed by atoms with Crippen molar-refractivity contribution in [3.8, 4) is 17.3 Å². The van der Waals surface area contributed by atoms with Crippen LogP contribution in [-0.4, -0.2) is 27.6 Å². The molecule has 3 heterocycles. The maximum atomic E-state index is 6.73. The average molecular weight is 642 g/mol. The van der Waals surface area contributed by atoms with Crippen LogP contribution in [0.15, 0.2) is 77.9 Å². The van der Waals surface area contributed by atoms with Gasteiger partial charge in [-0.05, 0) is 114 Å². The third kappa shape index (κ3) is 6.01. The Hall–Kier alpha value is -4.12. The molecule has 0 spiro atoms. The Morgan fingerprint density at radius 2 is 1.52 bits per heavy atom. The molecular weight excluding hydrogens is 590 g/mol. The highest BCUT2D eigenvalue weighted by Gasteiger charge is 2.41. The first-order valence-electron chi connectivity index (χ1n) is 17.8. The molecule has 3 aromatic carbocycles. The van der Waals surface area contributed by atoms with Crippen molar-refractivity contribution in [2.75, 3.05) is 6.61 Å². The second-order valence-corrected chi connectivity index (χ2v) is 16.7. The Labute approximate surface area is 286 Å². The van der Waals surface area contributed by atoms with Gasteiger partial charge >= 0.3 is 0 Å². The second-order valence-electron chi connectivity index (χ2n) is 16.7. The molecule has 0 unspecified atom stereocenters. The smallest absolute Gasteiger partial charge is 0.216 e. The maximum absolute atomic E-state index is 6.73. The maximum Gasteiger partial charge on any atom is 0.216 e. The number of hydrogen-bond donors (Lipinski definition) is 0. The highest BCUT2D eigenvalue weighted by Crippen LogP contribution is 2.41. The number of rotatable bonds is 6. The standard InChI is InChI=1S/C43H51N3O2/c1-27(2)28-20-29(40-45-43(9,26-47-40)30-12-10-11-13-30)22-34(21-28)48-33-15-16-35-36-23-31(41(3,4)5)14-17-37(36)46(38(35)25-33)39-24-32(18-19-44-39)42(6,7)8/h14-25,27,30H,10-13,26H2,1-9H3/t43-/m0/s1. The summed E-state index contributed by atoms with van der Waals surface area (Å²) in [7, 11) is 0. The summed E-state index contributed by atoms with van der Waals surface area (Å²) in [6, 6.07) is 24.1. The van der Waals surface area contributed by atoms with Gasteiger partial charge in [0.2, 0.25) is 5.90 Å². The number of ether oxygens (including phenoxy) is 2. The summed E-state index contributed by atoms with van der Waals surface area (Å²) in [5.74, 6) is 4.16. The van der Waals surface area contributed by atoms with Gasteiger partial charge in [0, 0.05) is 28.6 Å². The molecule has 0 bridgehead atoms. The van der Waals surface area contributed by atoms with E-state index in [1.54, 1.807) is 0 Å². The van der Waals surface area contributed by atoms with Crippen molar-refractivity contribution in [1.82, 2.24) is 9.55 Å². The van der Waals surface area contributed by atoms with E-state index in [-0.39, 0.29) is 16.4 Å². The third-order valence-corrected chi connectivity index (χ3v) is 10.6. The summed E-state index contributed by atoms with van der Waals surface area (Å²) >= 11 is 0. The third-order valence-electron chi connectivity index (χ3n) is 10.6. The van der Waals surface area contributed by atoms with Crippen molar-refractivity contribution in [3.63, 3.8) is 0 Å². The molecule has 48 heavy (non-hydrogen) atoms. The first kappa shape index (κ1) is 32.4. The molecule has 0 radical (unpaired) electrons. The van der Waals surface area contributed by atoms with Gasteiger partial charge in [-0.1, -0.05) is 74.3 Å². The molecule has 2 aliphatic rings. The van der Waals surface area contributed by atoms with Gasteiger partial charge in [0.25, 0.3) is 0 Å². The minimum Gasteiger partial charge on any atom is -0.475 e. The fourth-order valence-corrected chi connectivity index (χ4v) is 7.47. The Morgan fingerprint density at radius 3 is 2.23 bits per heavy atom. The van der Waals surface area contributed by atoms with E-state index < -0.39 is 0 Å². The fraction of sp³-hybridized carbons (Fsp3) is 0.442. The summed E-state index contributed by atoms with van der Waals surface area (Å²) in [6.07, 6.45) is 7.01. The molecule has 0 amide bonds. The molecular formula is C43H51N3O2. The Bertz CT molecular complexity index is 2030. The van der Waals surface area contributed by atoms with E-state index in [1.165, 1.54) is 53.1 Å². The number of nitrogens with zero attached hydrogens (tertiary/aromatic N) is 3. The van der Waals surface area contributed by atoms with E-state index in [2.05, 4.69) is 134 Å². The largest absolute Gasteiger partial charge is 0.475 e. The Kier molecular flexibility index (Phi) is 7.96. The van der Waals surface area contributed by atoms with Crippen LogP contribution in [0.3, 0.4) is 0 Å². The van der Waals surface area contributed by atoms with Gasteiger partial charge in [-0.25, -0.2) is 9.98 Å². The van der Waals surface area contributed by atoms with Crippen LogP contribution in [0.4, 0.5) is 0 Å². The summed E-state index contributed by atoms with van der Waals surface area (Å²) in [5.41, 5.74) is 6.86. The van der Waals surface area contributed by atoms with Gasteiger partial charge in [-0.2, -0.15) is 0 Å². The molecule has 5 heteroatoms. The summed E-state index contributed by atoms with van der Waals surface area (Å²) in [4.78, 5) is 10.1. The SMILES string of the molecule is CC(C)c1cc(Oc2ccc3c4cc(C(C)(C)C)ccc4n(-c4cc(C(C)(C)C)ccn4)c3c2)cc(C2=N[C@](C)(C3CCCC3)CO2)c1. The summed E-state index contributed by atoms with van der Waals surface area (Å²) in [6.45, 7) is 20.9. The number of aliphatic imine (C=N–C) groups is 1. The summed E-state index contributed by atoms with van der Waals surface area (Å²) in [5, 5.41) is 2.40. The highest BCUT2D eigenvalue weighted by atomic mass is 16.5. The first-order valence-corrected chi connectivity index (χ1v) is 17.8. The lowest BCUT2D eigenvalue weighted by Gasteiger charge is -2.25. The van der Waals surface area contributed by atoms with Crippen molar-refractivity contribution in [3.05, 3.63) is 95.2 Å². The van der Waals surface area contributed by atoms with Gasteiger partial charge in [-0.3, -0.25) is 4.57 Å². The Balaban J connectivity index is 1.33. The van der Waals surface area contributed by atoms with E-state index >= 15 is 0 Å². The van der Waals surface area contributed by atoms with Crippen LogP contribution in [0.5, 0.6) is 11.5 Å². The quantitative estimate of drug-likeness (QED) is 0.185. The zero-order valence-corrected chi connectivity index (χ0v) is 30.3. The van der Waals surface area contributed by atoms with E-state index in [0.29, 0.717) is 18.4 Å². The zero-order valence-electron chi connectivity index (χ0n) is 30.3. The monoisotopic (exact) mass is 641 g/mol. The van der Waals surface area contributed by atoms with Crippen molar-refractivity contribution in [1.29, 1.82) is 0 Å². The minimum absolute atomic E-state index is 0.00509. The van der Waals surface area contributed by atoms with Crippen LogP contribution in [0.1, 0.15) is 116 Å².